The second-order valence-electron chi connectivity index (χ2n) is 5.90. The average molecular weight is 343 g/mol. The first-order valence-corrected chi connectivity index (χ1v) is 9.71. The van der Waals surface area contributed by atoms with Crippen LogP contribution in [0.15, 0.2) is 6.07 Å². The fourth-order valence-electron chi connectivity index (χ4n) is 2.94. The fraction of sp³-hybridized carbons (Fsp3) is 0.688. The average Bonchev–Trinajstić information content (AvgIpc) is 2.74. The van der Waals surface area contributed by atoms with Gasteiger partial charge in [0.25, 0.3) is 5.91 Å². The van der Waals surface area contributed by atoms with Gasteiger partial charge in [0.05, 0.1) is 11.3 Å². The molecule has 0 aromatic carbocycles. The summed E-state index contributed by atoms with van der Waals surface area (Å²) in [5, 5.41) is 2.72. The molecule has 0 aliphatic heterocycles. The van der Waals surface area contributed by atoms with Crippen molar-refractivity contribution in [1.29, 1.82) is 0 Å². The molecule has 6 nitrogen and oxygen atoms in total. The molecule has 0 saturated heterocycles. The van der Waals surface area contributed by atoms with Crippen molar-refractivity contribution in [3.8, 4) is 0 Å². The minimum Gasteiger partial charge on any atom is -0.351 e. The van der Waals surface area contributed by atoms with Crippen LogP contribution in [0.2, 0.25) is 0 Å². The number of sulfonamides is 1. The summed E-state index contributed by atoms with van der Waals surface area (Å²) in [7, 11) is -3.31. The normalized spacial score (nSPS) is 12.2. The first-order valence-electron chi connectivity index (χ1n) is 8.10. The molecule has 0 aliphatic carbocycles. The van der Waals surface area contributed by atoms with Gasteiger partial charge in [-0.1, -0.05) is 13.8 Å². The van der Waals surface area contributed by atoms with Crippen LogP contribution >= 0.6 is 0 Å². The van der Waals surface area contributed by atoms with Crippen molar-refractivity contribution in [2.45, 2.75) is 47.6 Å². The zero-order chi connectivity index (χ0) is 17.8. The van der Waals surface area contributed by atoms with Gasteiger partial charge in [-0.2, -0.15) is 0 Å². The zero-order valence-corrected chi connectivity index (χ0v) is 15.8. The molecule has 23 heavy (non-hydrogen) atoms. The van der Waals surface area contributed by atoms with Crippen LogP contribution in [0.3, 0.4) is 0 Å². The van der Waals surface area contributed by atoms with E-state index in [-0.39, 0.29) is 24.2 Å². The van der Waals surface area contributed by atoms with Crippen molar-refractivity contribution in [3.63, 3.8) is 0 Å². The van der Waals surface area contributed by atoms with Crippen LogP contribution in [0.25, 0.3) is 0 Å². The Kier molecular flexibility index (Phi) is 6.83. The first kappa shape index (κ1) is 19.7. The topological polar surface area (TPSA) is 71.4 Å². The van der Waals surface area contributed by atoms with E-state index in [1.165, 1.54) is 4.31 Å². The van der Waals surface area contributed by atoms with E-state index in [0.29, 0.717) is 18.7 Å². The van der Waals surface area contributed by atoms with Crippen LogP contribution in [0, 0.1) is 13.8 Å². The van der Waals surface area contributed by atoms with Crippen molar-refractivity contribution in [1.82, 2.24) is 14.2 Å². The van der Waals surface area contributed by atoms with E-state index in [1.807, 2.05) is 19.9 Å². The van der Waals surface area contributed by atoms with E-state index in [0.717, 1.165) is 11.4 Å². The van der Waals surface area contributed by atoms with Crippen molar-refractivity contribution in [2.24, 2.45) is 0 Å². The molecule has 0 saturated carbocycles. The molecule has 0 atom stereocenters. The Bertz CT molecular complexity index is 644. The van der Waals surface area contributed by atoms with Gasteiger partial charge < -0.3 is 9.88 Å². The largest absolute Gasteiger partial charge is 0.351 e. The number of aryl methyl sites for hydroxylation is 1. The Balaban J connectivity index is 2.74. The number of nitrogens with one attached hydrogen (secondary N) is 1. The van der Waals surface area contributed by atoms with E-state index in [1.54, 1.807) is 13.8 Å². The molecule has 1 heterocycles. The molecule has 7 heteroatoms. The van der Waals surface area contributed by atoms with Gasteiger partial charge in [0.15, 0.2) is 0 Å². The number of nitrogens with zero attached hydrogens (tertiary/aromatic N) is 2. The predicted molar refractivity (Wildman–Crippen MR) is 93.3 cm³/mol. The number of rotatable bonds is 8. The molecular weight excluding hydrogens is 314 g/mol. The lowest BCUT2D eigenvalue weighted by atomic mass is 10.2. The van der Waals surface area contributed by atoms with E-state index in [9.17, 15) is 13.2 Å². The molecule has 0 unspecified atom stereocenters. The molecular formula is C16H29N3O3S. The lowest BCUT2D eigenvalue weighted by Crippen LogP contribution is -2.37. The summed E-state index contributed by atoms with van der Waals surface area (Å²) in [4.78, 5) is 12.3. The van der Waals surface area contributed by atoms with Crippen LogP contribution in [-0.2, 0) is 10.0 Å². The second kappa shape index (κ2) is 7.97. The minimum absolute atomic E-state index is 0.0800. The van der Waals surface area contributed by atoms with Gasteiger partial charge in [0.2, 0.25) is 10.0 Å². The maximum Gasteiger partial charge on any atom is 0.253 e. The SMILES string of the molecule is CCN(CC)S(=O)(=O)CCNC(=O)c1cc(C)n(C(C)C)c1C. The molecule has 1 rings (SSSR count). The van der Waals surface area contributed by atoms with Gasteiger partial charge in [-0.3, -0.25) is 4.79 Å². The third-order valence-corrected chi connectivity index (χ3v) is 6.01. The molecule has 132 valence electrons. The molecule has 0 fully saturated rings. The minimum atomic E-state index is -3.31. The molecule has 1 aromatic rings. The summed E-state index contributed by atoms with van der Waals surface area (Å²) in [5.74, 6) is -0.302. The Labute approximate surface area is 139 Å². The maximum atomic E-state index is 12.3. The summed E-state index contributed by atoms with van der Waals surface area (Å²) in [6, 6.07) is 2.13. The Morgan fingerprint density at radius 2 is 1.83 bits per heavy atom. The van der Waals surface area contributed by atoms with Gasteiger partial charge >= 0.3 is 0 Å². The fourth-order valence-corrected chi connectivity index (χ4v) is 4.34. The smallest absolute Gasteiger partial charge is 0.253 e. The van der Waals surface area contributed by atoms with E-state index in [2.05, 4.69) is 23.7 Å². The number of carbonyl (C=O) groups excluding carboxylic acids is 1. The zero-order valence-electron chi connectivity index (χ0n) is 15.0. The summed E-state index contributed by atoms with van der Waals surface area (Å²) in [6.07, 6.45) is 0. The molecule has 1 amide bonds. The first-order chi connectivity index (χ1) is 10.7. The Morgan fingerprint density at radius 3 is 2.26 bits per heavy atom. The standard InChI is InChI=1S/C16H29N3O3S/c1-7-18(8-2)23(21,22)10-9-17-16(20)15-11-13(5)19(12(3)4)14(15)6/h11-12H,7-10H2,1-6H3,(H,17,20). The third-order valence-electron chi connectivity index (χ3n) is 3.99. The lowest BCUT2D eigenvalue weighted by molar-refractivity contribution is 0.0955. The molecule has 0 radical (unpaired) electrons. The van der Waals surface area contributed by atoms with Gasteiger partial charge in [-0.15, -0.1) is 0 Å². The monoisotopic (exact) mass is 343 g/mol. The molecule has 0 spiro atoms. The van der Waals surface area contributed by atoms with Gasteiger partial charge in [0, 0.05) is 37.1 Å². The van der Waals surface area contributed by atoms with E-state index < -0.39 is 10.0 Å². The molecule has 1 aromatic heterocycles. The van der Waals surface area contributed by atoms with Gasteiger partial charge in [-0.05, 0) is 33.8 Å². The second-order valence-corrected chi connectivity index (χ2v) is 7.99. The highest BCUT2D eigenvalue weighted by Crippen LogP contribution is 2.19. The van der Waals surface area contributed by atoms with Crippen LogP contribution in [0.4, 0.5) is 0 Å². The van der Waals surface area contributed by atoms with Crippen molar-refractivity contribution in [2.75, 3.05) is 25.4 Å². The van der Waals surface area contributed by atoms with Crippen molar-refractivity contribution < 1.29 is 13.2 Å². The number of hydrogen-bond acceptors (Lipinski definition) is 3. The third kappa shape index (κ3) is 4.57. The quantitative estimate of drug-likeness (QED) is 0.785. The predicted octanol–water partition coefficient (Wildman–Crippen LogP) is 2.09. The van der Waals surface area contributed by atoms with Crippen LogP contribution in [0.1, 0.15) is 55.5 Å². The van der Waals surface area contributed by atoms with Crippen LogP contribution < -0.4 is 5.32 Å². The van der Waals surface area contributed by atoms with Crippen LogP contribution in [0.5, 0.6) is 0 Å². The van der Waals surface area contributed by atoms with Gasteiger partial charge in [0.1, 0.15) is 0 Å². The Hall–Kier alpha value is -1.34. The number of amides is 1. The summed E-state index contributed by atoms with van der Waals surface area (Å²) >= 11 is 0. The molecule has 0 aliphatic rings. The number of aromatic nitrogens is 1. The summed E-state index contributed by atoms with van der Waals surface area (Å²) in [6.45, 7) is 12.6. The summed E-state index contributed by atoms with van der Waals surface area (Å²) < 4.78 is 27.7. The highest BCUT2D eigenvalue weighted by Gasteiger charge is 2.20. The lowest BCUT2D eigenvalue weighted by Gasteiger charge is -2.18. The van der Waals surface area contributed by atoms with Crippen molar-refractivity contribution in [3.05, 3.63) is 23.0 Å². The van der Waals surface area contributed by atoms with Gasteiger partial charge in [-0.25, -0.2) is 12.7 Å². The highest BCUT2D eigenvalue weighted by molar-refractivity contribution is 7.89. The summed E-state index contributed by atoms with van der Waals surface area (Å²) in [5.41, 5.74) is 2.54. The van der Waals surface area contributed by atoms with E-state index >= 15 is 0 Å². The number of carbonyl (C=O) groups is 1. The van der Waals surface area contributed by atoms with Crippen LogP contribution in [-0.4, -0.2) is 48.6 Å². The highest BCUT2D eigenvalue weighted by atomic mass is 32.2. The Morgan fingerprint density at radius 1 is 1.26 bits per heavy atom. The molecule has 0 bridgehead atoms. The molecule has 1 N–H and O–H groups in total. The van der Waals surface area contributed by atoms with E-state index in [4.69, 9.17) is 0 Å². The maximum absolute atomic E-state index is 12.3. The van der Waals surface area contributed by atoms with Crippen molar-refractivity contribution >= 4 is 15.9 Å². The number of hydrogen-bond donors (Lipinski definition) is 1.